The second-order valence-corrected chi connectivity index (χ2v) is 7.40. The molecule has 2 atom stereocenters. The van der Waals surface area contributed by atoms with E-state index in [2.05, 4.69) is 0 Å². The topological polar surface area (TPSA) is 70.0 Å². The highest BCUT2D eigenvalue weighted by atomic mass is 35.5. The van der Waals surface area contributed by atoms with Crippen molar-refractivity contribution < 1.29 is 24.1 Å². The fraction of sp³-hybridized carbons (Fsp3) is 0.588. The van der Waals surface area contributed by atoms with E-state index >= 15 is 0 Å². The zero-order chi connectivity index (χ0) is 17.5. The van der Waals surface area contributed by atoms with Crippen molar-refractivity contribution in [1.82, 2.24) is 4.90 Å². The maximum Gasteiger partial charge on any atom is 0.256 e. The molecular weight excluding hydrogens is 337 g/mol. The molecule has 0 aliphatic carbocycles. The van der Waals surface area contributed by atoms with E-state index in [9.17, 15) is 19.4 Å². The summed E-state index contributed by atoms with van der Waals surface area (Å²) in [5.41, 5.74) is -1.74. The van der Waals surface area contributed by atoms with Gasteiger partial charge in [-0.1, -0.05) is 11.6 Å². The van der Waals surface area contributed by atoms with E-state index in [1.165, 1.54) is 12.1 Å². The van der Waals surface area contributed by atoms with Gasteiger partial charge in [-0.2, -0.15) is 0 Å². The number of rotatable bonds is 1. The first kappa shape index (κ1) is 17.6. The van der Waals surface area contributed by atoms with Crippen LogP contribution in [0.15, 0.2) is 18.2 Å². The van der Waals surface area contributed by atoms with E-state index in [4.69, 9.17) is 16.3 Å². The number of piperidine rings is 1. The van der Waals surface area contributed by atoms with Crippen molar-refractivity contribution >= 4 is 17.5 Å². The number of halogens is 2. The van der Waals surface area contributed by atoms with E-state index in [1.54, 1.807) is 11.8 Å². The number of ether oxygens (including phenoxy) is 1. The molecule has 1 aromatic carbocycles. The van der Waals surface area contributed by atoms with Gasteiger partial charge in [0.1, 0.15) is 11.9 Å². The molecule has 1 aromatic rings. The minimum Gasteiger partial charge on any atom is -0.388 e. The minimum atomic E-state index is -1.20. The molecule has 2 heterocycles. The number of likely N-dealkylation sites (tertiary alicyclic amines) is 1. The zero-order valence-corrected chi connectivity index (χ0v) is 14.2. The number of carbonyl (C=O) groups is 1. The molecule has 132 valence electrons. The Kier molecular flexibility index (Phi) is 4.59. The lowest BCUT2D eigenvalue weighted by Crippen LogP contribution is -2.59. The molecule has 1 amide bonds. The lowest BCUT2D eigenvalue weighted by molar-refractivity contribution is -0.221. The van der Waals surface area contributed by atoms with Crippen molar-refractivity contribution in [1.29, 1.82) is 0 Å². The van der Waals surface area contributed by atoms with Crippen LogP contribution in [0.2, 0.25) is 5.02 Å². The molecule has 2 N–H and O–H groups in total. The summed E-state index contributed by atoms with van der Waals surface area (Å²) in [5.74, 6) is -1.01. The van der Waals surface area contributed by atoms with Gasteiger partial charge in [0, 0.05) is 24.5 Å². The number of benzene rings is 1. The van der Waals surface area contributed by atoms with Gasteiger partial charge >= 0.3 is 0 Å². The number of aliphatic hydroxyl groups excluding tert-OH is 1. The average Bonchev–Trinajstić information content (AvgIpc) is 2.51. The Labute approximate surface area is 145 Å². The summed E-state index contributed by atoms with van der Waals surface area (Å²) in [4.78, 5) is 14.1. The second-order valence-electron chi connectivity index (χ2n) is 6.96. The molecular formula is C17H21ClFNO4. The highest BCUT2D eigenvalue weighted by Gasteiger charge is 2.49. The summed E-state index contributed by atoms with van der Waals surface area (Å²) in [5, 5.41) is 20.4. The first-order valence-corrected chi connectivity index (χ1v) is 8.39. The smallest absolute Gasteiger partial charge is 0.256 e. The van der Waals surface area contributed by atoms with Crippen LogP contribution >= 0.6 is 11.6 Å². The monoisotopic (exact) mass is 357 g/mol. The summed E-state index contributed by atoms with van der Waals surface area (Å²) in [7, 11) is 0. The summed E-state index contributed by atoms with van der Waals surface area (Å²) >= 11 is 5.72. The number of hydrogen-bond donors (Lipinski definition) is 2. The van der Waals surface area contributed by atoms with Gasteiger partial charge in [0.15, 0.2) is 0 Å². The van der Waals surface area contributed by atoms with Crippen LogP contribution in [0.1, 0.15) is 36.5 Å². The molecule has 2 fully saturated rings. The number of amides is 1. The molecule has 0 bridgehead atoms. The number of hydrogen-bond acceptors (Lipinski definition) is 4. The van der Waals surface area contributed by atoms with Crippen LogP contribution in [-0.4, -0.2) is 58.0 Å². The van der Waals surface area contributed by atoms with Crippen LogP contribution in [0, 0.1) is 5.82 Å². The van der Waals surface area contributed by atoms with Gasteiger partial charge < -0.3 is 19.8 Å². The van der Waals surface area contributed by atoms with Gasteiger partial charge in [0.2, 0.25) is 0 Å². The molecule has 7 heteroatoms. The number of carbonyl (C=O) groups excluding carboxylic acids is 1. The quantitative estimate of drug-likeness (QED) is 0.806. The highest BCUT2D eigenvalue weighted by molar-refractivity contribution is 6.30. The maximum atomic E-state index is 13.9. The van der Waals surface area contributed by atoms with Crippen LogP contribution in [-0.2, 0) is 4.74 Å². The van der Waals surface area contributed by atoms with Crippen molar-refractivity contribution in [3.8, 4) is 0 Å². The largest absolute Gasteiger partial charge is 0.388 e. The Morgan fingerprint density at radius 2 is 2.08 bits per heavy atom. The standard InChI is InChI=1S/C17H21ClFNO4/c1-16(23)10-17(24-9-14(16)21)4-6-20(7-5-17)15(22)12-3-2-11(18)8-13(12)19/h2-3,8,14,21,23H,4-7,9-10H2,1H3/t14-,16-/m0/s1. The normalized spacial score (nSPS) is 29.7. The molecule has 2 aliphatic heterocycles. The lowest BCUT2D eigenvalue weighted by atomic mass is 9.76. The molecule has 2 saturated heterocycles. The van der Waals surface area contributed by atoms with Crippen LogP contribution < -0.4 is 0 Å². The molecule has 0 unspecified atom stereocenters. The molecule has 1 spiro atoms. The van der Waals surface area contributed by atoms with Gasteiger partial charge in [-0.15, -0.1) is 0 Å². The molecule has 0 aromatic heterocycles. The number of aliphatic hydroxyl groups is 2. The Balaban J connectivity index is 1.68. The summed E-state index contributed by atoms with van der Waals surface area (Å²) in [6.07, 6.45) is 0.484. The summed E-state index contributed by atoms with van der Waals surface area (Å²) in [6, 6.07) is 4.01. The van der Waals surface area contributed by atoms with Crippen molar-refractivity contribution in [2.45, 2.75) is 43.5 Å². The zero-order valence-electron chi connectivity index (χ0n) is 13.5. The third kappa shape index (κ3) is 3.28. The van der Waals surface area contributed by atoms with E-state index in [0.717, 1.165) is 6.07 Å². The van der Waals surface area contributed by atoms with Gasteiger partial charge in [0.05, 0.1) is 23.4 Å². The van der Waals surface area contributed by atoms with Crippen LogP contribution in [0.4, 0.5) is 4.39 Å². The van der Waals surface area contributed by atoms with Gasteiger partial charge in [0.25, 0.3) is 5.91 Å². The van der Waals surface area contributed by atoms with Crippen LogP contribution in [0.3, 0.4) is 0 Å². The highest BCUT2D eigenvalue weighted by Crippen LogP contribution is 2.39. The Morgan fingerprint density at radius 3 is 2.67 bits per heavy atom. The maximum absolute atomic E-state index is 13.9. The van der Waals surface area contributed by atoms with E-state index < -0.39 is 23.1 Å². The molecule has 24 heavy (non-hydrogen) atoms. The van der Waals surface area contributed by atoms with E-state index in [0.29, 0.717) is 32.4 Å². The van der Waals surface area contributed by atoms with Gasteiger partial charge in [-0.05, 0) is 38.0 Å². The third-order valence-corrected chi connectivity index (χ3v) is 5.30. The van der Waals surface area contributed by atoms with Gasteiger partial charge in [-0.25, -0.2) is 4.39 Å². The van der Waals surface area contributed by atoms with Gasteiger partial charge in [-0.3, -0.25) is 4.79 Å². The number of nitrogens with zero attached hydrogens (tertiary/aromatic N) is 1. The Hall–Kier alpha value is -1.21. The van der Waals surface area contributed by atoms with Crippen molar-refractivity contribution in [2.24, 2.45) is 0 Å². The van der Waals surface area contributed by atoms with Crippen LogP contribution in [0.5, 0.6) is 0 Å². The average molecular weight is 358 g/mol. The van der Waals surface area contributed by atoms with Crippen molar-refractivity contribution in [2.75, 3.05) is 19.7 Å². The lowest BCUT2D eigenvalue weighted by Gasteiger charge is -2.49. The first-order valence-electron chi connectivity index (χ1n) is 8.01. The van der Waals surface area contributed by atoms with E-state index in [1.807, 2.05) is 0 Å². The summed E-state index contributed by atoms with van der Waals surface area (Å²) < 4.78 is 19.7. The molecule has 3 rings (SSSR count). The molecule has 2 aliphatic rings. The van der Waals surface area contributed by atoms with Crippen molar-refractivity contribution in [3.63, 3.8) is 0 Å². The minimum absolute atomic E-state index is 0.00216. The van der Waals surface area contributed by atoms with E-state index in [-0.39, 0.29) is 23.1 Å². The molecule has 5 nitrogen and oxygen atoms in total. The third-order valence-electron chi connectivity index (χ3n) is 5.07. The fourth-order valence-electron chi connectivity index (χ4n) is 3.53. The fourth-order valence-corrected chi connectivity index (χ4v) is 3.69. The summed E-state index contributed by atoms with van der Waals surface area (Å²) in [6.45, 7) is 2.50. The second kappa shape index (κ2) is 6.26. The van der Waals surface area contributed by atoms with Crippen LogP contribution in [0.25, 0.3) is 0 Å². The van der Waals surface area contributed by atoms with Crippen molar-refractivity contribution in [3.05, 3.63) is 34.6 Å². The predicted molar refractivity (Wildman–Crippen MR) is 86.5 cm³/mol. The molecule has 0 saturated carbocycles. The first-order chi connectivity index (χ1) is 11.2. The Morgan fingerprint density at radius 1 is 1.42 bits per heavy atom. The predicted octanol–water partition coefficient (Wildman–Crippen LogP) is 1.99. The molecule has 0 radical (unpaired) electrons. The Bertz CT molecular complexity index is 643. The SMILES string of the molecule is C[C@]1(O)CC2(CCN(C(=O)c3ccc(Cl)cc3F)CC2)OC[C@@H]1O.